The number of aryl methyl sites for hydroxylation is 1. The third kappa shape index (κ3) is 5.30. The van der Waals surface area contributed by atoms with Gasteiger partial charge in [0.15, 0.2) is 0 Å². The van der Waals surface area contributed by atoms with Gasteiger partial charge in [-0.15, -0.1) is 0 Å². The van der Waals surface area contributed by atoms with Gasteiger partial charge in [0.25, 0.3) is 0 Å². The predicted octanol–water partition coefficient (Wildman–Crippen LogP) is 1.88. The summed E-state index contributed by atoms with van der Waals surface area (Å²) in [7, 11) is 0. The molecule has 3 N–H and O–H groups in total. The van der Waals surface area contributed by atoms with Gasteiger partial charge in [-0.05, 0) is 37.8 Å². The molecule has 4 nitrogen and oxygen atoms in total. The number of aliphatic hydroxyl groups is 2. The summed E-state index contributed by atoms with van der Waals surface area (Å²) >= 11 is 0. The third-order valence-electron chi connectivity index (χ3n) is 4.22. The van der Waals surface area contributed by atoms with Gasteiger partial charge >= 0.3 is 0 Å². The fraction of sp³-hybridized carbons (Fsp3) is 0.647. The number of aliphatic hydroxyl groups excluding tert-OH is 2. The minimum atomic E-state index is -0.535. The van der Waals surface area contributed by atoms with Crippen molar-refractivity contribution in [2.24, 2.45) is 5.92 Å². The number of rotatable bonds is 7. The van der Waals surface area contributed by atoms with Crippen molar-refractivity contribution in [3.63, 3.8) is 0 Å². The lowest BCUT2D eigenvalue weighted by atomic mass is 9.85. The lowest BCUT2D eigenvalue weighted by Crippen LogP contribution is -2.44. The van der Waals surface area contributed by atoms with Gasteiger partial charge in [0.1, 0.15) is 18.5 Å². The molecular weight excluding hydrogens is 266 g/mol. The minimum Gasteiger partial charge on any atom is -0.491 e. The molecule has 3 unspecified atom stereocenters. The summed E-state index contributed by atoms with van der Waals surface area (Å²) < 4.78 is 5.58. The highest BCUT2D eigenvalue weighted by molar-refractivity contribution is 5.26. The number of nitrogens with one attached hydrogen (secondary N) is 1. The van der Waals surface area contributed by atoms with Crippen LogP contribution < -0.4 is 10.1 Å². The Balaban J connectivity index is 1.69. The summed E-state index contributed by atoms with van der Waals surface area (Å²) in [4.78, 5) is 0. The average molecular weight is 293 g/mol. The lowest BCUT2D eigenvalue weighted by molar-refractivity contribution is 0.0906. The maximum atomic E-state index is 10.0. The maximum absolute atomic E-state index is 10.0. The fourth-order valence-electron chi connectivity index (χ4n) is 2.87. The van der Waals surface area contributed by atoms with Crippen LogP contribution in [0.15, 0.2) is 24.3 Å². The molecule has 1 aromatic carbocycles. The Bertz CT molecular complexity index is 407. The van der Waals surface area contributed by atoms with Gasteiger partial charge in [0.05, 0.1) is 0 Å². The molecule has 3 atom stereocenters. The van der Waals surface area contributed by atoms with Crippen LogP contribution in [-0.2, 0) is 0 Å². The van der Waals surface area contributed by atoms with Crippen molar-refractivity contribution >= 4 is 0 Å². The Kier molecular flexibility index (Phi) is 6.49. The zero-order valence-electron chi connectivity index (χ0n) is 12.8. The van der Waals surface area contributed by atoms with Crippen molar-refractivity contribution < 1.29 is 14.9 Å². The third-order valence-corrected chi connectivity index (χ3v) is 4.22. The van der Waals surface area contributed by atoms with E-state index in [9.17, 15) is 10.2 Å². The monoisotopic (exact) mass is 293 g/mol. The molecule has 0 saturated heterocycles. The van der Waals surface area contributed by atoms with Crippen molar-refractivity contribution in [2.75, 3.05) is 19.8 Å². The molecule has 0 spiro atoms. The first-order valence-electron chi connectivity index (χ1n) is 7.91. The molecule has 0 aromatic heterocycles. The van der Waals surface area contributed by atoms with Crippen molar-refractivity contribution in [3.8, 4) is 5.75 Å². The van der Waals surface area contributed by atoms with Crippen molar-refractivity contribution in [3.05, 3.63) is 29.8 Å². The number of benzene rings is 1. The van der Waals surface area contributed by atoms with E-state index < -0.39 is 6.10 Å². The lowest BCUT2D eigenvalue weighted by Gasteiger charge is -2.31. The normalized spacial score (nSPS) is 23.8. The van der Waals surface area contributed by atoms with Crippen molar-refractivity contribution in [1.82, 2.24) is 5.32 Å². The quantitative estimate of drug-likeness (QED) is 0.718. The molecule has 1 aromatic rings. The molecular formula is C17H27NO3. The molecule has 1 fully saturated rings. The summed E-state index contributed by atoms with van der Waals surface area (Å²) in [5.41, 5.74) is 1.19. The van der Waals surface area contributed by atoms with E-state index in [0.29, 0.717) is 18.5 Å². The van der Waals surface area contributed by atoms with Crippen LogP contribution in [0.5, 0.6) is 5.75 Å². The molecule has 0 amide bonds. The van der Waals surface area contributed by atoms with Crippen LogP contribution in [0.25, 0.3) is 0 Å². The van der Waals surface area contributed by atoms with E-state index in [4.69, 9.17) is 4.74 Å². The summed E-state index contributed by atoms with van der Waals surface area (Å²) in [5.74, 6) is 1.11. The van der Waals surface area contributed by atoms with Crippen LogP contribution in [0.1, 0.15) is 31.2 Å². The highest BCUT2D eigenvalue weighted by atomic mass is 16.5. The zero-order chi connectivity index (χ0) is 15.1. The highest BCUT2D eigenvalue weighted by Crippen LogP contribution is 2.23. The molecule has 4 heteroatoms. The Hall–Kier alpha value is -1.10. The van der Waals surface area contributed by atoms with Gasteiger partial charge in [-0.1, -0.05) is 30.5 Å². The standard InChI is InChI=1S/C17H27NO3/c1-13-6-8-16(9-7-13)21-12-15(20)10-18-17-5-3-2-4-14(17)11-19/h6-9,14-15,17-20H,2-5,10-12H2,1H3. The first-order chi connectivity index (χ1) is 10.2. The smallest absolute Gasteiger partial charge is 0.119 e. The highest BCUT2D eigenvalue weighted by Gasteiger charge is 2.24. The summed E-state index contributed by atoms with van der Waals surface area (Å²) in [6.07, 6.45) is 4.01. The molecule has 1 aliphatic carbocycles. The molecule has 118 valence electrons. The summed E-state index contributed by atoms with van der Waals surface area (Å²) in [6, 6.07) is 8.14. The van der Waals surface area contributed by atoms with Gasteiger partial charge in [0, 0.05) is 19.2 Å². The second-order valence-electron chi connectivity index (χ2n) is 6.02. The first kappa shape index (κ1) is 16.3. The van der Waals surface area contributed by atoms with Crippen LogP contribution in [0, 0.1) is 12.8 Å². The van der Waals surface area contributed by atoms with E-state index in [1.165, 1.54) is 18.4 Å². The van der Waals surface area contributed by atoms with Gasteiger partial charge in [-0.2, -0.15) is 0 Å². The van der Waals surface area contributed by atoms with Crippen LogP contribution in [-0.4, -0.2) is 42.1 Å². The van der Waals surface area contributed by atoms with Crippen LogP contribution in [0.2, 0.25) is 0 Å². The number of hydrogen-bond acceptors (Lipinski definition) is 4. The Morgan fingerprint density at radius 1 is 1.24 bits per heavy atom. The molecule has 21 heavy (non-hydrogen) atoms. The van der Waals surface area contributed by atoms with E-state index >= 15 is 0 Å². The molecule has 2 rings (SSSR count). The topological polar surface area (TPSA) is 61.7 Å². The second kappa shape index (κ2) is 8.37. The molecule has 0 aliphatic heterocycles. The van der Waals surface area contributed by atoms with Gasteiger partial charge in [0.2, 0.25) is 0 Å². The van der Waals surface area contributed by atoms with Crippen LogP contribution in [0.3, 0.4) is 0 Å². The Morgan fingerprint density at radius 2 is 1.95 bits per heavy atom. The minimum absolute atomic E-state index is 0.230. The largest absolute Gasteiger partial charge is 0.491 e. The molecule has 0 heterocycles. The second-order valence-corrected chi connectivity index (χ2v) is 6.02. The Morgan fingerprint density at radius 3 is 2.67 bits per heavy atom. The molecule has 1 aliphatic rings. The summed E-state index contributed by atoms with van der Waals surface area (Å²) in [6.45, 7) is 3.05. The average Bonchev–Trinajstić information content (AvgIpc) is 2.52. The maximum Gasteiger partial charge on any atom is 0.119 e. The molecule has 1 saturated carbocycles. The first-order valence-corrected chi connectivity index (χ1v) is 7.91. The SMILES string of the molecule is Cc1ccc(OCC(O)CNC2CCCCC2CO)cc1. The van der Waals surface area contributed by atoms with E-state index in [0.717, 1.165) is 18.6 Å². The van der Waals surface area contributed by atoms with E-state index in [1.807, 2.05) is 31.2 Å². The van der Waals surface area contributed by atoms with E-state index in [1.54, 1.807) is 0 Å². The van der Waals surface area contributed by atoms with Crippen LogP contribution >= 0.6 is 0 Å². The fourth-order valence-corrected chi connectivity index (χ4v) is 2.87. The summed E-state index contributed by atoms with van der Waals surface area (Å²) in [5, 5.41) is 22.8. The van der Waals surface area contributed by atoms with E-state index in [-0.39, 0.29) is 13.2 Å². The zero-order valence-corrected chi connectivity index (χ0v) is 12.8. The van der Waals surface area contributed by atoms with Gasteiger partial charge < -0.3 is 20.3 Å². The molecule has 0 radical (unpaired) electrons. The van der Waals surface area contributed by atoms with Gasteiger partial charge in [-0.25, -0.2) is 0 Å². The van der Waals surface area contributed by atoms with Crippen molar-refractivity contribution in [2.45, 2.75) is 44.8 Å². The van der Waals surface area contributed by atoms with Crippen LogP contribution in [0.4, 0.5) is 0 Å². The number of ether oxygens (including phenoxy) is 1. The van der Waals surface area contributed by atoms with Crippen molar-refractivity contribution in [1.29, 1.82) is 0 Å². The number of hydrogen-bond donors (Lipinski definition) is 3. The van der Waals surface area contributed by atoms with E-state index in [2.05, 4.69) is 5.32 Å². The molecule has 0 bridgehead atoms. The Labute approximate surface area is 127 Å². The van der Waals surface area contributed by atoms with Gasteiger partial charge in [-0.3, -0.25) is 0 Å². The predicted molar refractivity (Wildman–Crippen MR) is 83.5 cm³/mol.